The molecule has 4 rings (SSSR count). The molecule has 0 atom stereocenters. The van der Waals surface area contributed by atoms with Crippen LogP contribution in [0.4, 0.5) is 9.59 Å². The van der Waals surface area contributed by atoms with Gasteiger partial charge in [0, 0.05) is 11.8 Å². The van der Waals surface area contributed by atoms with Gasteiger partial charge in [-0.05, 0) is 71.6 Å². The summed E-state index contributed by atoms with van der Waals surface area (Å²) in [6, 6.07) is 12.9. The molecule has 1 aliphatic rings. The zero-order valence-electron chi connectivity index (χ0n) is 21.9. The second-order valence-electron chi connectivity index (χ2n) is 9.95. The van der Waals surface area contributed by atoms with Crippen LogP contribution in [0, 0.1) is 0 Å². The Hall–Kier alpha value is -3.88. The highest BCUT2D eigenvalue weighted by molar-refractivity contribution is 6.03. The van der Waals surface area contributed by atoms with Gasteiger partial charge in [0.15, 0.2) is 0 Å². The first-order chi connectivity index (χ1) is 17.6. The van der Waals surface area contributed by atoms with E-state index in [1.165, 1.54) is 0 Å². The van der Waals surface area contributed by atoms with Crippen LogP contribution in [0.1, 0.15) is 69.8 Å². The molecule has 2 heterocycles. The lowest BCUT2D eigenvalue weighted by atomic mass is 9.70. The van der Waals surface area contributed by atoms with Crippen molar-refractivity contribution in [1.82, 2.24) is 14.5 Å². The molecule has 37 heavy (non-hydrogen) atoms. The first-order valence-corrected chi connectivity index (χ1v) is 12.6. The minimum atomic E-state index is -0.879. The van der Waals surface area contributed by atoms with Crippen LogP contribution in [0.3, 0.4) is 0 Å². The van der Waals surface area contributed by atoms with Crippen LogP contribution in [0.15, 0.2) is 48.7 Å². The number of aromatic nitrogens is 2. The molecular weight excluding hydrogens is 474 g/mol. The topological polar surface area (TPSA) is 99.4 Å². The summed E-state index contributed by atoms with van der Waals surface area (Å²) in [7, 11) is 0. The van der Waals surface area contributed by atoms with Gasteiger partial charge >= 0.3 is 18.2 Å². The summed E-state index contributed by atoms with van der Waals surface area (Å²) in [6.07, 6.45) is 2.34. The standard InChI is InChI=1S/C28H33N3O6/c1-6-35-24(32)22-21-11-8-9-18-30(21)29-23(22)19-12-14-20(15-13-19)28(16-10-17-28)31(25(33)36-7-2)26(34)37-27(3,4)5/h8-9,11-15,18H,6-7,10,16-17H2,1-5H3. The second-order valence-corrected chi connectivity index (χ2v) is 9.95. The minimum absolute atomic E-state index is 0.137. The first kappa shape index (κ1) is 26.2. The molecule has 9 heteroatoms. The van der Waals surface area contributed by atoms with Gasteiger partial charge in [-0.15, -0.1) is 0 Å². The lowest BCUT2D eigenvalue weighted by Gasteiger charge is -2.48. The Morgan fingerprint density at radius 2 is 1.65 bits per heavy atom. The summed E-state index contributed by atoms with van der Waals surface area (Å²) >= 11 is 0. The maximum Gasteiger partial charge on any atom is 0.420 e. The molecule has 2 amide bonds. The number of hydrogen-bond acceptors (Lipinski definition) is 7. The monoisotopic (exact) mass is 507 g/mol. The molecule has 1 fully saturated rings. The van der Waals surface area contributed by atoms with E-state index in [9.17, 15) is 14.4 Å². The molecule has 3 aromatic rings. The van der Waals surface area contributed by atoms with Gasteiger partial charge in [0.2, 0.25) is 0 Å². The van der Waals surface area contributed by atoms with E-state index in [1.807, 2.05) is 42.5 Å². The maximum absolute atomic E-state index is 13.2. The zero-order valence-corrected chi connectivity index (χ0v) is 21.9. The third-order valence-corrected chi connectivity index (χ3v) is 6.35. The van der Waals surface area contributed by atoms with Crippen molar-refractivity contribution in [2.75, 3.05) is 13.2 Å². The summed E-state index contributed by atoms with van der Waals surface area (Å²) in [5.74, 6) is -0.448. The Kier molecular flexibility index (Phi) is 7.25. The number of amides is 2. The van der Waals surface area contributed by atoms with Crippen LogP contribution < -0.4 is 0 Å². The molecule has 0 unspecified atom stereocenters. The number of hydrogen-bond donors (Lipinski definition) is 0. The van der Waals surface area contributed by atoms with E-state index in [-0.39, 0.29) is 13.2 Å². The van der Waals surface area contributed by atoms with Gasteiger partial charge in [0.05, 0.1) is 24.3 Å². The van der Waals surface area contributed by atoms with E-state index >= 15 is 0 Å². The highest BCUT2D eigenvalue weighted by atomic mass is 16.6. The summed E-state index contributed by atoms with van der Waals surface area (Å²) in [5, 5.41) is 4.63. The molecule has 0 spiro atoms. The van der Waals surface area contributed by atoms with Crippen molar-refractivity contribution in [3.8, 4) is 11.3 Å². The molecule has 1 aromatic carbocycles. The van der Waals surface area contributed by atoms with Gasteiger partial charge in [-0.25, -0.2) is 23.8 Å². The SMILES string of the molecule is CCOC(=O)c1c(-c2ccc(C3(N(C(=O)OCC)C(=O)OC(C)(C)C)CCC3)cc2)nn2ccccc12. The van der Waals surface area contributed by atoms with E-state index in [2.05, 4.69) is 5.10 Å². The molecule has 0 N–H and O–H groups in total. The third-order valence-electron chi connectivity index (χ3n) is 6.35. The fourth-order valence-electron chi connectivity index (χ4n) is 4.62. The van der Waals surface area contributed by atoms with E-state index in [1.54, 1.807) is 45.3 Å². The zero-order chi connectivity index (χ0) is 26.8. The average molecular weight is 508 g/mol. The molecule has 1 aliphatic carbocycles. The van der Waals surface area contributed by atoms with Crippen LogP contribution in [-0.2, 0) is 19.7 Å². The molecule has 196 valence electrons. The molecule has 9 nitrogen and oxygen atoms in total. The lowest BCUT2D eigenvalue weighted by Crippen LogP contribution is -2.57. The maximum atomic E-state index is 13.2. The summed E-state index contributed by atoms with van der Waals surface area (Å²) in [4.78, 5) is 40.1. The summed E-state index contributed by atoms with van der Waals surface area (Å²) < 4.78 is 17.8. The van der Waals surface area contributed by atoms with Crippen LogP contribution in [0.2, 0.25) is 0 Å². The van der Waals surface area contributed by atoms with E-state index in [4.69, 9.17) is 14.2 Å². The minimum Gasteiger partial charge on any atom is -0.462 e. The van der Waals surface area contributed by atoms with Crippen molar-refractivity contribution in [2.45, 2.75) is 65.0 Å². The van der Waals surface area contributed by atoms with Gasteiger partial charge in [-0.2, -0.15) is 5.10 Å². The van der Waals surface area contributed by atoms with Crippen molar-refractivity contribution in [2.24, 2.45) is 0 Å². The molecule has 0 radical (unpaired) electrons. The summed E-state index contributed by atoms with van der Waals surface area (Å²) in [5.41, 5.74) is 1.37. The molecule has 0 aliphatic heterocycles. The van der Waals surface area contributed by atoms with Crippen molar-refractivity contribution in [3.05, 3.63) is 59.8 Å². The number of imide groups is 1. The molecule has 0 bridgehead atoms. The number of pyridine rings is 1. The lowest BCUT2D eigenvalue weighted by molar-refractivity contribution is -0.0264. The summed E-state index contributed by atoms with van der Waals surface area (Å²) in [6.45, 7) is 9.11. The largest absolute Gasteiger partial charge is 0.462 e. The van der Waals surface area contributed by atoms with E-state index in [0.29, 0.717) is 35.2 Å². The predicted molar refractivity (Wildman–Crippen MR) is 137 cm³/mol. The van der Waals surface area contributed by atoms with Gasteiger partial charge in [-0.3, -0.25) is 0 Å². The Labute approximate surface area is 216 Å². The number of benzene rings is 1. The number of rotatable bonds is 6. The number of carbonyl (C=O) groups excluding carboxylic acids is 3. The smallest absolute Gasteiger partial charge is 0.420 e. The number of carbonyl (C=O) groups is 3. The molecule has 2 aromatic heterocycles. The van der Waals surface area contributed by atoms with E-state index in [0.717, 1.165) is 16.9 Å². The van der Waals surface area contributed by atoms with Crippen LogP contribution in [-0.4, -0.2) is 51.5 Å². The van der Waals surface area contributed by atoms with Crippen LogP contribution in [0.5, 0.6) is 0 Å². The third kappa shape index (κ3) is 5.03. The highest BCUT2D eigenvalue weighted by Gasteiger charge is 2.51. The van der Waals surface area contributed by atoms with Gasteiger partial charge < -0.3 is 14.2 Å². The highest BCUT2D eigenvalue weighted by Crippen LogP contribution is 2.48. The molecule has 1 saturated carbocycles. The van der Waals surface area contributed by atoms with Crippen LogP contribution in [0.25, 0.3) is 16.8 Å². The van der Waals surface area contributed by atoms with Crippen molar-refractivity contribution < 1.29 is 28.6 Å². The van der Waals surface area contributed by atoms with Crippen LogP contribution >= 0.6 is 0 Å². The van der Waals surface area contributed by atoms with E-state index < -0.39 is 29.3 Å². The number of ether oxygens (including phenoxy) is 3. The normalized spacial score (nSPS) is 14.5. The Morgan fingerprint density at radius 3 is 2.22 bits per heavy atom. The number of nitrogens with zero attached hydrogens (tertiary/aromatic N) is 3. The number of esters is 1. The molecule has 0 saturated heterocycles. The van der Waals surface area contributed by atoms with Gasteiger partial charge in [0.1, 0.15) is 16.9 Å². The van der Waals surface area contributed by atoms with Gasteiger partial charge in [-0.1, -0.05) is 30.3 Å². The van der Waals surface area contributed by atoms with Gasteiger partial charge in [0.25, 0.3) is 0 Å². The Morgan fingerprint density at radius 1 is 0.973 bits per heavy atom. The fourth-order valence-corrected chi connectivity index (χ4v) is 4.62. The predicted octanol–water partition coefficient (Wildman–Crippen LogP) is 5.95. The van der Waals surface area contributed by atoms with Crippen molar-refractivity contribution >= 4 is 23.7 Å². The van der Waals surface area contributed by atoms with Crippen molar-refractivity contribution in [3.63, 3.8) is 0 Å². The van der Waals surface area contributed by atoms with Crippen molar-refractivity contribution in [1.29, 1.82) is 0 Å². The quantitative estimate of drug-likeness (QED) is 0.300. The number of fused-ring (bicyclic) bond motifs is 1. The Balaban J connectivity index is 1.75. The first-order valence-electron chi connectivity index (χ1n) is 12.6. The Bertz CT molecular complexity index is 1300. The fraction of sp³-hybridized carbons (Fsp3) is 0.429. The average Bonchev–Trinajstić information content (AvgIpc) is 3.20. The second kappa shape index (κ2) is 10.2. The molecular formula is C28H33N3O6.